The van der Waals surface area contributed by atoms with Crippen molar-refractivity contribution < 1.29 is 33.6 Å². The van der Waals surface area contributed by atoms with Gasteiger partial charge in [-0.3, -0.25) is 9.36 Å². The minimum Gasteiger partial charge on any atom is -0.494 e. The van der Waals surface area contributed by atoms with Gasteiger partial charge >= 0.3 is 5.97 Å². The van der Waals surface area contributed by atoms with Gasteiger partial charge in [0.25, 0.3) is 7.37 Å². The van der Waals surface area contributed by atoms with E-state index in [9.17, 15) is 23.7 Å². The number of benzene rings is 1. The van der Waals surface area contributed by atoms with E-state index in [4.69, 9.17) is 9.84 Å². The first-order valence-corrected chi connectivity index (χ1v) is 11.1. The van der Waals surface area contributed by atoms with E-state index in [0.29, 0.717) is 17.6 Å². The number of aliphatic hydroxyl groups excluding tert-OH is 1. The van der Waals surface area contributed by atoms with Gasteiger partial charge in [0, 0.05) is 5.57 Å². The van der Waals surface area contributed by atoms with Crippen LogP contribution in [-0.2, 0) is 9.36 Å². The van der Waals surface area contributed by atoms with Gasteiger partial charge in [-0.1, -0.05) is 25.8 Å². The molecule has 0 fully saturated rings. The van der Waals surface area contributed by atoms with Crippen LogP contribution in [0.1, 0.15) is 45.1 Å². The quantitative estimate of drug-likeness (QED) is 0.473. The Morgan fingerprint density at radius 1 is 1.41 bits per heavy atom. The highest BCUT2D eigenvalue weighted by Crippen LogP contribution is 2.46. The fraction of sp³-hybridized carbons (Fsp3) is 0.476. The van der Waals surface area contributed by atoms with Crippen LogP contribution in [0.4, 0.5) is 4.39 Å². The molecule has 1 aromatic rings. The molecule has 158 valence electrons. The van der Waals surface area contributed by atoms with Crippen molar-refractivity contribution in [1.29, 1.82) is 0 Å². The van der Waals surface area contributed by atoms with Gasteiger partial charge in [-0.25, -0.2) is 4.39 Å². The minimum atomic E-state index is -4.07. The molecule has 6 nitrogen and oxygen atoms in total. The fourth-order valence-corrected chi connectivity index (χ4v) is 4.57. The number of hydrogen-bond acceptors (Lipinski definition) is 4. The Kier molecular flexibility index (Phi) is 7.29. The normalized spacial score (nSPS) is 19.0. The molecule has 8 heteroatoms. The molecule has 0 spiro atoms. The van der Waals surface area contributed by atoms with Crippen LogP contribution in [0, 0.1) is 22.8 Å². The van der Waals surface area contributed by atoms with E-state index in [1.807, 2.05) is 13.8 Å². The third-order valence-corrected chi connectivity index (χ3v) is 6.31. The second-order valence-electron chi connectivity index (χ2n) is 7.81. The molecule has 0 saturated heterocycles. The lowest BCUT2D eigenvalue weighted by atomic mass is 9.71. The van der Waals surface area contributed by atoms with Gasteiger partial charge in [-0.15, -0.1) is 0 Å². The highest BCUT2D eigenvalue weighted by molar-refractivity contribution is 7.63. The first kappa shape index (κ1) is 23.2. The molecule has 0 amide bonds. The molecular formula is C21H26FO6P. The number of ether oxygens (including phenoxy) is 1. The van der Waals surface area contributed by atoms with E-state index in [-0.39, 0.29) is 11.2 Å². The van der Waals surface area contributed by atoms with Gasteiger partial charge in [-0.05, 0) is 53.6 Å². The zero-order valence-corrected chi connectivity index (χ0v) is 17.6. The van der Waals surface area contributed by atoms with Crippen LogP contribution in [0.3, 0.4) is 0 Å². The summed E-state index contributed by atoms with van der Waals surface area (Å²) in [5, 5.41) is 18.3. The van der Waals surface area contributed by atoms with Crippen molar-refractivity contribution in [2.45, 2.75) is 45.6 Å². The first-order chi connectivity index (χ1) is 13.4. The number of methoxy groups -OCH3 is 1. The number of aliphatic hydroxyl groups is 1. The Morgan fingerprint density at radius 2 is 2.10 bits per heavy atom. The number of allylic oxidation sites excluding steroid dienone is 2. The maximum atomic E-state index is 14.2. The molecule has 0 aromatic heterocycles. The molecule has 1 aliphatic rings. The number of aliphatic carboxylic acids is 1. The predicted octanol–water partition coefficient (Wildman–Crippen LogP) is 3.86. The fourth-order valence-electron chi connectivity index (χ4n) is 3.49. The Labute approximate surface area is 169 Å². The zero-order valence-electron chi connectivity index (χ0n) is 16.7. The van der Waals surface area contributed by atoms with Crippen LogP contribution in [0.15, 0.2) is 23.8 Å². The van der Waals surface area contributed by atoms with Crippen molar-refractivity contribution in [2.24, 2.45) is 5.41 Å². The third-order valence-electron chi connectivity index (χ3n) is 4.93. The Bertz CT molecular complexity index is 925. The molecule has 1 aliphatic carbocycles. The maximum Gasteiger partial charge on any atom is 0.305 e. The lowest BCUT2D eigenvalue weighted by Gasteiger charge is -2.32. The largest absolute Gasteiger partial charge is 0.494 e. The highest BCUT2D eigenvalue weighted by atomic mass is 31.2. The van der Waals surface area contributed by atoms with Crippen molar-refractivity contribution in [3.8, 4) is 17.3 Å². The molecule has 1 aromatic carbocycles. The Balaban J connectivity index is 2.45. The second kappa shape index (κ2) is 9.13. The number of halogens is 1. The first-order valence-electron chi connectivity index (χ1n) is 9.27. The van der Waals surface area contributed by atoms with Crippen LogP contribution < -0.4 is 4.74 Å². The highest BCUT2D eigenvalue weighted by Gasteiger charge is 2.31. The molecule has 0 radical (unpaired) electrons. The summed E-state index contributed by atoms with van der Waals surface area (Å²) in [7, 11) is -2.69. The van der Waals surface area contributed by atoms with E-state index in [2.05, 4.69) is 11.6 Å². The summed E-state index contributed by atoms with van der Waals surface area (Å²) in [5.74, 6) is 1.18. The molecule has 3 N–H and O–H groups in total. The van der Waals surface area contributed by atoms with Gasteiger partial charge in [0.05, 0.1) is 25.8 Å². The molecule has 0 saturated carbocycles. The van der Waals surface area contributed by atoms with Gasteiger partial charge in [0.15, 0.2) is 11.6 Å². The summed E-state index contributed by atoms with van der Waals surface area (Å²) in [4.78, 5) is 20.7. The van der Waals surface area contributed by atoms with Crippen molar-refractivity contribution in [3.63, 3.8) is 0 Å². The molecule has 0 heterocycles. The average Bonchev–Trinajstić information content (AvgIpc) is 2.58. The van der Waals surface area contributed by atoms with E-state index < -0.39 is 37.8 Å². The Hall–Kier alpha value is -2.13. The lowest BCUT2D eigenvalue weighted by molar-refractivity contribution is -0.138. The van der Waals surface area contributed by atoms with E-state index in [1.54, 1.807) is 6.07 Å². The molecule has 2 atom stereocenters. The topological polar surface area (TPSA) is 104 Å². The molecule has 2 rings (SSSR count). The molecule has 0 bridgehead atoms. The SMILES string of the molecule is COc1ccc(C2=C(C#CP(=O)(O)C[C@@H](O)CC(=O)O)C(C)(C)CCC2)cc1F. The molecular weight excluding hydrogens is 398 g/mol. The van der Waals surface area contributed by atoms with Crippen molar-refractivity contribution in [3.05, 3.63) is 35.2 Å². The summed E-state index contributed by atoms with van der Waals surface area (Å²) < 4.78 is 31.5. The van der Waals surface area contributed by atoms with E-state index in [1.165, 1.54) is 19.2 Å². The predicted molar refractivity (Wildman–Crippen MR) is 108 cm³/mol. The molecule has 0 aliphatic heterocycles. The van der Waals surface area contributed by atoms with Crippen LogP contribution >= 0.6 is 7.37 Å². The zero-order chi connectivity index (χ0) is 21.8. The van der Waals surface area contributed by atoms with Gasteiger partial charge < -0.3 is 19.8 Å². The summed E-state index contributed by atoms with van der Waals surface area (Å²) in [6, 6.07) is 4.63. The van der Waals surface area contributed by atoms with Crippen LogP contribution in [0.25, 0.3) is 5.57 Å². The maximum absolute atomic E-state index is 14.2. The third kappa shape index (κ3) is 6.17. The Morgan fingerprint density at radius 3 is 2.69 bits per heavy atom. The van der Waals surface area contributed by atoms with Gasteiger partial charge in [0.1, 0.15) is 0 Å². The van der Waals surface area contributed by atoms with Crippen molar-refractivity contribution in [1.82, 2.24) is 0 Å². The van der Waals surface area contributed by atoms with E-state index >= 15 is 0 Å². The average molecular weight is 424 g/mol. The summed E-state index contributed by atoms with van der Waals surface area (Å²) in [6.07, 6.45) is -0.368. The number of carbonyl (C=O) groups is 1. The van der Waals surface area contributed by atoms with Crippen molar-refractivity contribution in [2.75, 3.05) is 13.3 Å². The minimum absolute atomic E-state index is 0.129. The van der Waals surface area contributed by atoms with Gasteiger partial charge in [0.2, 0.25) is 0 Å². The monoisotopic (exact) mass is 424 g/mol. The van der Waals surface area contributed by atoms with E-state index in [0.717, 1.165) is 18.4 Å². The second-order valence-corrected chi connectivity index (χ2v) is 9.80. The number of rotatable bonds is 6. The lowest BCUT2D eigenvalue weighted by Crippen LogP contribution is -2.20. The summed E-state index contributed by atoms with van der Waals surface area (Å²) in [5.41, 5.74) is 4.07. The number of carboxylic acid groups (broad SMARTS) is 1. The smallest absolute Gasteiger partial charge is 0.305 e. The summed E-state index contributed by atoms with van der Waals surface area (Å²) in [6.45, 7) is 3.94. The number of carboxylic acids is 1. The standard InChI is InChI=1S/C21H26FO6P/c1-21(2)9-4-5-16(14-6-7-19(28-3)18(22)11-14)17(21)8-10-29(26,27)13-15(23)12-20(24)25/h6-7,11,15,23H,4-5,9,12-13H2,1-3H3,(H,24,25)(H,26,27)/t15-/m0/s1. The number of hydrogen-bond donors (Lipinski definition) is 3. The van der Waals surface area contributed by atoms with Gasteiger partial charge in [-0.2, -0.15) is 0 Å². The van der Waals surface area contributed by atoms with Crippen molar-refractivity contribution >= 4 is 18.9 Å². The van der Waals surface area contributed by atoms with Crippen LogP contribution in [0.2, 0.25) is 0 Å². The molecule has 29 heavy (non-hydrogen) atoms. The van der Waals surface area contributed by atoms with Crippen LogP contribution in [-0.4, -0.2) is 40.5 Å². The van der Waals surface area contributed by atoms with Crippen LogP contribution in [0.5, 0.6) is 5.75 Å². The summed E-state index contributed by atoms with van der Waals surface area (Å²) >= 11 is 0. The molecule has 1 unspecified atom stereocenters.